The first-order valence-electron chi connectivity index (χ1n) is 9.92. The third-order valence-electron chi connectivity index (χ3n) is 5.88. The molecule has 10 heteroatoms. The zero-order valence-electron chi connectivity index (χ0n) is 17.9. The SMILES string of the molecule is Cc1c(-c2cccc3c2cnn3S(C)(=O)=O)c(F)cc2c1N1C(=NNC1C)C(C)(C)N2. The Hall–Kier alpha value is -3.14. The van der Waals surface area contributed by atoms with Crippen molar-refractivity contribution in [3.8, 4) is 11.1 Å². The third-order valence-corrected chi connectivity index (χ3v) is 6.80. The van der Waals surface area contributed by atoms with Crippen LogP contribution in [0, 0.1) is 12.7 Å². The fourth-order valence-corrected chi connectivity index (χ4v) is 5.33. The molecular weight excluding hydrogens is 419 g/mol. The number of hydrogen-bond donors (Lipinski definition) is 2. The van der Waals surface area contributed by atoms with E-state index in [1.54, 1.807) is 18.2 Å². The Morgan fingerprint density at radius 3 is 2.71 bits per heavy atom. The molecule has 31 heavy (non-hydrogen) atoms. The van der Waals surface area contributed by atoms with Gasteiger partial charge in [-0.1, -0.05) is 12.1 Å². The summed E-state index contributed by atoms with van der Waals surface area (Å²) in [6.07, 6.45) is 2.47. The van der Waals surface area contributed by atoms with E-state index in [1.165, 1.54) is 12.3 Å². The summed E-state index contributed by atoms with van der Waals surface area (Å²) < 4.78 is 40.7. The van der Waals surface area contributed by atoms with Gasteiger partial charge < -0.3 is 10.2 Å². The number of fused-ring (bicyclic) bond motifs is 4. The van der Waals surface area contributed by atoms with Crippen molar-refractivity contribution >= 4 is 38.1 Å². The summed E-state index contributed by atoms with van der Waals surface area (Å²) in [5.74, 6) is 0.440. The number of amidine groups is 1. The fraction of sp³-hybridized carbons (Fsp3) is 0.333. The van der Waals surface area contributed by atoms with E-state index >= 15 is 4.39 Å². The normalized spacial score (nSPS) is 19.5. The van der Waals surface area contributed by atoms with E-state index in [0.717, 1.165) is 27.4 Å². The molecule has 0 saturated carbocycles. The predicted octanol–water partition coefficient (Wildman–Crippen LogP) is 3.23. The van der Waals surface area contributed by atoms with Gasteiger partial charge in [-0.3, -0.25) is 5.43 Å². The Morgan fingerprint density at radius 2 is 2.00 bits per heavy atom. The molecule has 0 aliphatic carbocycles. The zero-order valence-corrected chi connectivity index (χ0v) is 18.7. The van der Waals surface area contributed by atoms with Crippen LogP contribution in [0.1, 0.15) is 26.3 Å². The van der Waals surface area contributed by atoms with Crippen molar-refractivity contribution in [1.29, 1.82) is 0 Å². The van der Waals surface area contributed by atoms with E-state index < -0.39 is 15.6 Å². The first-order valence-corrected chi connectivity index (χ1v) is 11.8. The van der Waals surface area contributed by atoms with Crippen LogP contribution in [0.15, 0.2) is 35.6 Å². The van der Waals surface area contributed by atoms with Crippen molar-refractivity contribution in [2.24, 2.45) is 5.10 Å². The van der Waals surface area contributed by atoms with Gasteiger partial charge in [0.1, 0.15) is 12.0 Å². The minimum Gasteiger partial charge on any atom is -0.371 e. The number of benzene rings is 2. The van der Waals surface area contributed by atoms with Gasteiger partial charge in [0.2, 0.25) is 0 Å². The van der Waals surface area contributed by atoms with Gasteiger partial charge in [-0.15, -0.1) is 0 Å². The number of anilines is 2. The van der Waals surface area contributed by atoms with E-state index in [0.29, 0.717) is 27.7 Å². The molecule has 1 atom stereocenters. The van der Waals surface area contributed by atoms with Crippen molar-refractivity contribution in [1.82, 2.24) is 14.6 Å². The average Bonchev–Trinajstić information content (AvgIpc) is 3.26. The molecule has 162 valence electrons. The molecule has 2 aromatic carbocycles. The highest BCUT2D eigenvalue weighted by molar-refractivity contribution is 7.89. The summed E-state index contributed by atoms with van der Waals surface area (Å²) in [4.78, 5) is 2.09. The van der Waals surface area contributed by atoms with Crippen LogP contribution in [-0.4, -0.2) is 41.4 Å². The van der Waals surface area contributed by atoms with Crippen molar-refractivity contribution in [2.45, 2.75) is 39.4 Å². The monoisotopic (exact) mass is 442 g/mol. The molecule has 2 N–H and O–H groups in total. The summed E-state index contributed by atoms with van der Waals surface area (Å²) in [5, 5.41) is 12.5. The Morgan fingerprint density at radius 1 is 1.26 bits per heavy atom. The van der Waals surface area contributed by atoms with Gasteiger partial charge in [-0.25, -0.2) is 12.8 Å². The summed E-state index contributed by atoms with van der Waals surface area (Å²) in [6, 6.07) is 6.67. The number of nitrogens with zero attached hydrogens (tertiary/aromatic N) is 4. The van der Waals surface area contributed by atoms with Gasteiger partial charge in [-0.2, -0.15) is 14.3 Å². The predicted molar refractivity (Wildman–Crippen MR) is 120 cm³/mol. The molecule has 2 aliphatic rings. The maximum atomic E-state index is 15.5. The van der Waals surface area contributed by atoms with E-state index in [2.05, 4.69) is 25.8 Å². The zero-order chi connectivity index (χ0) is 22.3. The molecule has 0 saturated heterocycles. The van der Waals surface area contributed by atoms with Crippen LogP contribution in [0.5, 0.6) is 0 Å². The van der Waals surface area contributed by atoms with Crippen LogP contribution in [0.4, 0.5) is 15.8 Å². The van der Waals surface area contributed by atoms with E-state index in [4.69, 9.17) is 0 Å². The van der Waals surface area contributed by atoms with E-state index in [9.17, 15) is 8.42 Å². The number of hydrazone groups is 1. The van der Waals surface area contributed by atoms with Crippen LogP contribution < -0.4 is 15.6 Å². The summed E-state index contributed by atoms with van der Waals surface area (Å²) in [6.45, 7) is 7.88. The summed E-state index contributed by atoms with van der Waals surface area (Å²) >= 11 is 0. The number of hydrogen-bond acceptors (Lipinski definition) is 7. The lowest BCUT2D eigenvalue weighted by Crippen LogP contribution is -2.54. The highest BCUT2D eigenvalue weighted by atomic mass is 32.2. The highest BCUT2D eigenvalue weighted by Gasteiger charge is 2.43. The Kier molecular flexibility index (Phi) is 3.96. The van der Waals surface area contributed by atoms with Crippen LogP contribution >= 0.6 is 0 Å². The van der Waals surface area contributed by atoms with Crippen molar-refractivity contribution < 1.29 is 12.8 Å². The van der Waals surface area contributed by atoms with Crippen LogP contribution in [0.3, 0.4) is 0 Å². The largest absolute Gasteiger partial charge is 0.371 e. The Balaban J connectivity index is 1.79. The number of rotatable bonds is 2. The second-order valence-electron chi connectivity index (χ2n) is 8.60. The van der Waals surface area contributed by atoms with Crippen molar-refractivity contribution in [2.75, 3.05) is 16.5 Å². The lowest BCUT2D eigenvalue weighted by molar-refractivity contribution is 0.588. The van der Waals surface area contributed by atoms with Gasteiger partial charge in [0, 0.05) is 10.9 Å². The van der Waals surface area contributed by atoms with Gasteiger partial charge in [-0.05, 0) is 51.0 Å². The number of halogens is 1. The number of nitrogens with one attached hydrogen (secondary N) is 2. The molecule has 8 nitrogen and oxygen atoms in total. The first-order chi connectivity index (χ1) is 14.5. The molecule has 0 fully saturated rings. The van der Waals surface area contributed by atoms with Gasteiger partial charge in [0.25, 0.3) is 10.0 Å². The van der Waals surface area contributed by atoms with Gasteiger partial charge in [0.05, 0.1) is 34.9 Å². The molecule has 5 rings (SSSR count). The summed E-state index contributed by atoms with van der Waals surface area (Å²) in [5.41, 5.74) is 6.33. The summed E-state index contributed by atoms with van der Waals surface area (Å²) in [7, 11) is -3.58. The molecule has 3 aromatic rings. The highest BCUT2D eigenvalue weighted by Crippen LogP contribution is 2.46. The minimum atomic E-state index is -3.58. The average molecular weight is 443 g/mol. The lowest BCUT2D eigenvalue weighted by Gasteiger charge is -2.42. The fourth-order valence-electron chi connectivity index (χ4n) is 4.60. The smallest absolute Gasteiger partial charge is 0.251 e. The maximum Gasteiger partial charge on any atom is 0.251 e. The Labute approximate surface area is 179 Å². The molecule has 1 aromatic heterocycles. The second-order valence-corrected chi connectivity index (χ2v) is 10.4. The lowest BCUT2D eigenvalue weighted by atomic mass is 9.90. The van der Waals surface area contributed by atoms with Gasteiger partial charge in [0.15, 0.2) is 5.84 Å². The molecular formula is C21H23FN6O2S. The van der Waals surface area contributed by atoms with Gasteiger partial charge >= 0.3 is 0 Å². The van der Waals surface area contributed by atoms with Crippen LogP contribution in [0.2, 0.25) is 0 Å². The molecule has 0 spiro atoms. The second kappa shape index (κ2) is 6.19. The molecule has 0 bridgehead atoms. The molecule has 2 aliphatic heterocycles. The minimum absolute atomic E-state index is 0.0871. The van der Waals surface area contributed by atoms with Crippen molar-refractivity contribution in [3.63, 3.8) is 0 Å². The maximum absolute atomic E-state index is 15.5. The quantitative estimate of drug-likeness (QED) is 0.633. The third kappa shape index (κ3) is 2.74. The number of aromatic nitrogens is 2. The van der Waals surface area contributed by atoms with E-state index in [-0.39, 0.29) is 12.0 Å². The molecule has 1 unspecified atom stereocenters. The first kappa shape index (κ1) is 19.8. The molecule has 3 heterocycles. The van der Waals surface area contributed by atoms with Crippen LogP contribution in [0.25, 0.3) is 22.0 Å². The molecule has 0 amide bonds. The topological polar surface area (TPSA) is 91.6 Å². The van der Waals surface area contributed by atoms with E-state index in [1.807, 2.05) is 27.7 Å². The Bertz CT molecular complexity index is 1390. The standard InChI is InChI=1S/C21H23FN6O2S/c1-11-18(13-7-6-8-17-14(13)10-23-28(17)31(5,29)30)15(22)9-16-19(11)27-12(2)25-26-20(27)21(3,4)24-16/h6-10,12,24-25H,1-5H3. The van der Waals surface area contributed by atoms with Crippen LogP contribution in [-0.2, 0) is 10.0 Å². The molecule has 0 radical (unpaired) electrons. The van der Waals surface area contributed by atoms with Crippen molar-refractivity contribution in [3.05, 3.63) is 41.8 Å².